The normalized spacial score (nSPS) is 13.3. The van der Waals surface area contributed by atoms with Crippen molar-refractivity contribution in [3.63, 3.8) is 0 Å². The van der Waals surface area contributed by atoms with Crippen molar-refractivity contribution in [2.24, 2.45) is 7.05 Å². The Labute approximate surface area is 104 Å². The Hall–Kier alpha value is -0.820. The second-order valence-electron chi connectivity index (χ2n) is 3.53. The second kappa shape index (κ2) is 3.59. The van der Waals surface area contributed by atoms with E-state index in [9.17, 15) is 9.59 Å². The van der Waals surface area contributed by atoms with E-state index < -0.39 is 22.4 Å². The van der Waals surface area contributed by atoms with Crippen LogP contribution in [0.25, 0.3) is 16.5 Å². The van der Waals surface area contributed by atoms with E-state index in [2.05, 4.69) is 4.98 Å². The minimum absolute atomic E-state index is 0.253. The molecule has 0 bridgehead atoms. The van der Waals surface area contributed by atoms with E-state index in [1.54, 1.807) is 13.3 Å². The van der Waals surface area contributed by atoms with Gasteiger partial charge in [-0.15, -0.1) is 0 Å². The van der Waals surface area contributed by atoms with Gasteiger partial charge >= 0.3 is 104 Å². The molecule has 0 amide bonds. The number of fused-ring (bicyclic) bond motifs is 3. The van der Waals surface area contributed by atoms with Gasteiger partial charge in [-0.1, -0.05) is 0 Å². The third kappa shape index (κ3) is 1.34. The van der Waals surface area contributed by atoms with E-state index in [0.29, 0.717) is 5.39 Å². The van der Waals surface area contributed by atoms with Crippen molar-refractivity contribution in [2.45, 2.75) is 0 Å². The molecular weight excluding hydrogens is 331 g/mol. The number of aryl methyl sites for hydroxylation is 1. The van der Waals surface area contributed by atoms with Gasteiger partial charge in [0.2, 0.25) is 0 Å². The van der Waals surface area contributed by atoms with Crippen LogP contribution < -0.4 is 15.8 Å². The van der Waals surface area contributed by atoms with Gasteiger partial charge in [-0.05, 0) is 0 Å². The van der Waals surface area contributed by atoms with E-state index in [4.69, 9.17) is 4.74 Å². The molecule has 1 N–H and O–H groups in total. The second-order valence-corrected chi connectivity index (χ2v) is 8.33. The van der Waals surface area contributed by atoms with Crippen LogP contribution in [0, 0.1) is 2.90 Å². The van der Waals surface area contributed by atoms with Gasteiger partial charge in [0.05, 0.1) is 0 Å². The molecule has 0 fully saturated rings. The topological polar surface area (TPSA) is 64.1 Å². The Morgan fingerprint density at radius 3 is 3.19 bits per heavy atom. The van der Waals surface area contributed by atoms with Gasteiger partial charge in [0, 0.05) is 0 Å². The van der Waals surface area contributed by atoms with Gasteiger partial charge in [0.1, 0.15) is 0 Å². The summed E-state index contributed by atoms with van der Waals surface area (Å²) in [5, 5.41) is 0.711. The summed E-state index contributed by atoms with van der Waals surface area (Å²) in [7, 11) is 1.68. The molecule has 1 aliphatic rings. The first-order chi connectivity index (χ1) is 7.68. The van der Waals surface area contributed by atoms with Gasteiger partial charge < -0.3 is 0 Å². The van der Waals surface area contributed by atoms with Crippen molar-refractivity contribution in [1.82, 2.24) is 9.55 Å². The van der Waals surface area contributed by atoms with Crippen molar-refractivity contribution in [3.8, 4) is 0 Å². The first-order valence-corrected chi connectivity index (χ1v) is 9.52. The standard InChI is InChI=1S/C9H7N2O3S.In/c1-11-8-6(7(12)10-9(11)13)3-5(15-8)4-14-2;/h4H,2H2,1H3,(H,10,12,13);. The SMILES string of the molecule is Cn1c(=O)[nH]c(=O)c2[c]3c(sc21)=CO[CH2][In]=3. The summed E-state index contributed by atoms with van der Waals surface area (Å²) in [5.74, 6) is 0. The Bertz CT molecular complexity index is 814. The molecular formula is C9H7InN2O3S. The maximum absolute atomic E-state index is 11.8. The number of ether oxygens (including phenoxy) is 1. The molecule has 0 saturated heterocycles. The van der Waals surface area contributed by atoms with Crippen molar-refractivity contribution < 1.29 is 4.74 Å². The molecule has 0 radical (unpaired) electrons. The molecule has 3 rings (SSSR count). The van der Waals surface area contributed by atoms with Crippen LogP contribution in [0.2, 0.25) is 0 Å². The molecule has 2 aromatic heterocycles. The molecule has 3 heterocycles. The van der Waals surface area contributed by atoms with Crippen LogP contribution in [0.15, 0.2) is 9.59 Å². The van der Waals surface area contributed by atoms with E-state index in [1.807, 2.05) is 0 Å². The van der Waals surface area contributed by atoms with Crippen LogP contribution in [0.3, 0.4) is 0 Å². The van der Waals surface area contributed by atoms with Gasteiger partial charge in [-0.2, -0.15) is 0 Å². The summed E-state index contributed by atoms with van der Waals surface area (Å²) in [4.78, 5) is 26.4. The third-order valence-electron chi connectivity index (χ3n) is 2.59. The Kier molecular flexibility index (Phi) is 2.32. The quantitative estimate of drug-likeness (QED) is 0.668. The zero-order valence-corrected chi connectivity index (χ0v) is 12.6. The van der Waals surface area contributed by atoms with Crippen molar-refractivity contribution >= 4 is 50.2 Å². The number of thiophene rings is 1. The molecule has 0 unspecified atom stereocenters. The van der Waals surface area contributed by atoms with Crippen LogP contribution in [0.4, 0.5) is 0 Å². The van der Waals surface area contributed by atoms with Crippen LogP contribution in [-0.2, 0) is 11.8 Å². The number of hydrogen-bond donors (Lipinski definition) is 1. The predicted octanol–water partition coefficient (Wildman–Crippen LogP) is -1.03. The first-order valence-electron chi connectivity index (χ1n) is 4.72. The number of H-pyrrole nitrogens is 1. The number of rotatable bonds is 0. The minimum atomic E-state index is -1.02. The fourth-order valence-electron chi connectivity index (χ4n) is 1.79. The fourth-order valence-corrected chi connectivity index (χ4v) is 7.35. The third-order valence-corrected chi connectivity index (χ3v) is 8.29. The van der Waals surface area contributed by atoms with E-state index in [1.165, 1.54) is 18.8 Å². The van der Waals surface area contributed by atoms with E-state index in [-0.39, 0.29) is 11.2 Å². The number of aromatic amines is 1. The summed E-state index contributed by atoms with van der Waals surface area (Å²) >= 11 is 0.448. The van der Waals surface area contributed by atoms with Gasteiger partial charge in [0.15, 0.2) is 0 Å². The summed E-state index contributed by atoms with van der Waals surface area (Å²) in [5.41, 5.74) is -0.609. The molecule has 0 spiro atoms. The van der Waals surface area contributed by atoms with E-state index in [0.717, 1.165) is 13.7 Å². The Morgan fingerprint density at radius 2 is 2.38 bits per heavy atom. The summed E-state index contributed by atoms with van der Waals surface area (Å²) in [6, 6.07) is 0. The summed E-state index contributed by atoms with van der Waals surface area (Å²) in [6.45, 7) is 0. The Balaban J connectivity index is 2.75. The average molecular weight is 338 g/mol. The average Bonchev–Trinajstić information content (AvgIpc) is 2.65. The van der Waals surface area contributed by atoms with Gasteiger partial charge in [-0.3, -0.25) is 0 Å². The molecule has 0 atom stereocenters. The van der Waals surface area contributed by atoms with Crippen molar-refractivity contribution in [1.29, 1.82) is 0 Å². The number of aromatic nitrogens is 2. The van der Waals surface area contributed by atoms with E-state index >= 15 is 0 Å². The van der Waals surface area contributed by atoms with Crippen LogP contribution in [-0.4, -0.2) is 36.3 Å². The van der Waals surface area contributed by atoms with Gasteiger partial charge in [0.25, 0.3) is 0 Å². The van der Waals surface area contributed by atoms with Gasteiger partial charge in [-0.25, -0.2) is 0 Å². The molecule has 16 heavy (non-hydrogen) atoms. The van der Waals surface area contributed by atoms with Crippen LogP contribution in [0.5, 0.6) is 0 Å². The van der Waals surface area contributed by atoms with Crippen LogP contribution >= 0.6 is 11.3 Å². The monoisotopic (exact) mass is 338 g/mol. The molecule has 0 aliphatic carbocycles. The number of nitrogens with zero attached hydrogens (tertiary/aromatic N) is 1. The summed E-state index contributed by atoms with van der Waals surface area (Å²) in [6.07, 6.45) is 1.71. The predicted molar refractivity (Wildman–Crippen MR) is 62.3 cm³/mol. The number of hydrogen-bond acceptors (Lipinski definition) is 4. The maximum atomic E-state index is 11.8. The van der Waals surface area contributed by atoms with Crippen molar-refractivity contribution in [3.05, 3.63) is 28.3 Å². The van der Waals surface area contributed by atoms with Crippen molar-refractivity contribution in [2.75, 3.05) is 4.36 Å². The molecule has 2 aromatic rings. The zero-order chi connectivity index (χ0) is 11.3. The fraction of sp³-hybridized carbons (Fsp3) is 0.222. The molecule has 7 heteroatoms. The molecule has 0 saturated carbocycles. The molecule has 5 nitrogen and oxygen atoms in total. The molecule has 0 aromatic carbocycles. The molecule has 1 aliphatic heterocycles. The zero-order valence-electron chi connectivity index (χ0n) is 8.44. The summed E-state index contributed by atoms with van der Waals surface area (Å²) < 4.78 is 9.78. The van der Waals surface area contributed by atoms with Crippen LogP contribution in [0.1, 0.15) is 0 Å². The first kappa shape index (κ1) is 10.3. The Morgan fingerprint density at radius 1 is 1.56 bits per heavy atom. The number of nitrogens with one attached hydrogen (secondary N) is 1. The molecule has 80 valence electrons.